The van der Waals surface area contributed by atoms with E-state index in [9.17, 15) is 14.4 Å². The van der Waals surface area contributed by atoms with Crippen molar-refractivity contribution in [3.63, 3.8) is 0 Å². The van der Waals surface area contributed by atoms with Gasteiger partial charge >= 0.3 is 11.9 Å². The molecular formula is C27H28N2O7. The minimum Gasteiger partial charge on any atom is -0.493 e. The number of esters is 2. The van der Waals surface area contributed by atoms with Crippen molar-refractivity contribution < 1.29 is 33.3 Å². The lowest BCUT2D eigenvalue weighted by atomic mass is 10.0. The number of carbonyl (C=O) groups excluding carboxylic acids is 3. The zero-order valence-electron chi connectivity index (χ0n) is 20.5. The fraction of sp³-hybridized carbons (Fsp3) is 0.259. The molecule has 0 aliphatic heterocycles. The third-order valence-electron chi connectivity index (χ3n) is 5.11. The maximum atomic E-state index is 13.0. The molecule has 0 bridgehead atoms. The van der Waals surface area contributed by atoms with Crippen LogP contribution >= 0.6 is 0 Å². The number of hydrogen-bond donors (Lipinski definition) is 1. The Morgan fingerprint density at radius 2 is 1.56 bits per heavy atom. The van der Waals surface area contributed by atoms with Gasteiger partial charge in [0.05, 0.1) is 7.11 Å². The predicted molar refractivity (Wildman–Crippen MR) is 131 cm³/mol. The van der Waals surface area contributed by atoms with Gasteiger partial charge in [-0.3, -0.25) is 9.59 Å². The summed E-state index contributed by atoms with van der Waals surface area (Å²) in [7, 11) is 1.37. The number of nitrogens with zero attached hydrogens (tertiary/aromatic N) is 1. The molecule has 0 saturated carbocycles. The zero-order chi connectivity index (χ0) is 26.1. The van der Waals surface area contributed by atoms with E-state index >= 15 is 0 Å². The highest BCUT2D eigenvalue weighted by molar-refractivity contribution is 5.98. The first kappa shape index (κ1) is 26.2. The first-order valence-corrected chi connectivity index (χ1v) is 11.3. The van der Waals surface area contributed by atoms with Gasteiger partial charge in [0.1, 0.15) is 17.9 Å². The fourth-order valence-electron chi connectivity index (χ4n) is 3.40. The molecule has 3 aromatic rings. The maximum absolute atomic E-state index is 13.0. The Balaban J connectivity index is 1.76. The van der Waals surface area contributed by atoms with Gasteiger partial charge in [0.15, 0.2) is 17.5 Å². The number of nitrogens with one attached hydrogen (secondary N) is 1. The van der Waals surface area contributed by atoms with Crippen LogP contribution in [0.3, 0.4) is 0 Å². The summed E-state index contributed by atoms with van der Waals surface area (Å²) in [6, 6.07) is 18.8. The molecule has 9 heteroatoms. The topological polar surface area (TPSA) is 113 Å². The average Bonchev–Trinajstić information content (AvgIpc) is 2.87. The molecule has 1 amide bonds. The lowest BCUT2D eigenvalue weighted by molar-refractivity contribution is -0.156. The molecular weight excluding hydrogens is 464 g/mol. The van der Waals surface area contributed by atoms with Crippen LogP contribution in [-0.4, -0.2) is 42.1 Å². The van der Waals surface area contributed by atoms with Crippen LogP contribution in [-0.2, 0) is 14.3 Å². The van der Waals surface area contributed by atoms with Crippen molar-refractivity contribution in [3.05, 3.63) is 84.2 Å². The van der Waals surface area contributed by atoms with E-state index in [1.807, 2.05) is 60.7 Å². The van der Waals surface area contributed by atoms with E-state index in [2.05, 4.69) is 10.3 Å². The number of methoxy groups -OCH3 is 1. The molecule has 0 unspecified atom stereocenters. The van der Waals surface area contributed by atoms with Gasteiger partial charge in [0.2, 0.25) is 5.75 Å². The summed E-state index contributed by atoms with van der Waals surface area (Å²) in [6.45, 7) is 4.47. The van der Waals surface area contributed by atoms with Crippen LogP contribution in [0.1, 0.15) is 42.9 Å². The molecule has 9 nitrogen and oxygen atoms in total. The largest absolute Gasteiger partial charge is 0.493 e. The van der Waals surface area contributed by atoms with Crippen LogP contribution < -0.4 is 19.5 Å². The number of para-hydroxylation sites is 1. The lowest BCUT2D eigenvalue weighted by Crippen LogP contribution is -2.41. The summed E-state index contributed by atoms with van der Waals surface area (Å²) in [5.74, 6) is -1.43. The molecule has 0 saturated heterocycles. The number of amides is 1. The van der Waals surface area contributed by atoms with Gasteiger partial charge in [0.25, 0.3) is 5.91 Å². The molecule has 0 spiro atoms. The minimum absolute atomic E-state index is 0.141. The van der Waals surface area contributed by atoms with Gasteiger partial charge in [-0.05, 0) is 31.5 Å². The first-order chi connectivity index (χ1) is 17.3. The van der Waals surface area contributed by atoms with E-state index < -0.39 is 36.1 Å². The molecule has 1 N–H and O–H groups in total. The third-order valence-corrected chi connectivity index (χ3v) is 5.11. The Kier molecular flexibility index (Phi) is 8.99. The Hall–Kier alpha value is -4.40. The van der Waals surface area contributed by atoms with Crippen LogP contribution in [0.15, 0.2) is 72.9 Å². The monoisotopic (exact) mass is 492 g/mol. The van der Waals surface area contributed by atoms with Crippen molar-refractivity contribution >= 4 is 17.8 Å². The van der Waals surface area contributed by atoms with Gasteiger partial charge in [-0.2, -0.15) is 0 Å². The van der Waals surface area contributed by atoms with Gasteiger partial charge in [0, 0.05) is 19.2 Å². The number of carbonyl (C=O) groups is 3. The zero-order valence-corrected chi connectivity index (χ0v) is 20.5. The molecule has 3 rings (SSSR count). The molecule has 0 aliphatic carbocycles. The SMILES string of the molecule is COc1ccnc(C(=O)N[C@@H](C)C(=O)O[C@H](c2ccccc2)[C@@H](C)Oc2ccccc2)c1OC(C)=O. The van der Waals surface area contributed by atoms with E-state index in [4.69, 9.17) is 18.9 Å². The van der Waals surface area contributed by atoms with Crippen molar-refractivity contribution in [1.29, 1.82) is 0 Å². The maximum Gasteiger partial charge on any atom is 0.329 e. The van der Waals surface area contributed by atoms with E-state index in [-0.39, 0.29) is 17.2 Å². The Labute approximate surface area is 209 Å². The van der Waals surface area contributed by atoms with Gasteiger partial charge < -0.3 is 24.3 Å². The Bertz CT molecular complexity index is 1190. The third kappa shape index (κ3) is 6.82. The van der Waals surface area contributed by atoms with Crippen molar-refractivity contribution in [2.24, 2.45) is 0 Å². The highest BCUT2D eigenvalue weighted by atomic mass is 16.6. The number of pyridine rings is 1. The first-order valence-electron chi connectivity index (χ1n) is 11.3. The normalized spacial score (nSPS) is 13.0. The van der Waals surface area contributed by atoms with E-state index in [1.165, 1.54) is 33.2 Å². The molecule has 188 valence electrons. The second-order valence-corrected chi connectivity index (χ2v) is 7.88. The second kappa shape index (κ2) is 12.3. The number of rotatable bonds is 10. The Morgan fingerprint density at radius 3 is 2.17 bits per heavy atom. The van der Waals surface area contributed by atoms with Gasteiger partial charge in [-0.25, -0.2) is 9.78 Å². The number of hydrogen-bond acceptors (Lipinski definition) is 8. The summed E-state index contributed by atoms with van der Waals surface area (Å²) < 4.78 is 22.1. The van der Waals surface area contributed by atoms with Crippen molar-refractivity contribution in [1.82, 2.24) is 10.3 Å². The summed E-state index contributed by atoms with van der Waals surface area (Å²) in [5.41, 5.74) is 0.531. The molecule has 3 atom stereocenters. The van der Waals surface area contributed by atoms with Crippen LogP contribution in [0.2, 0.25) is 0 Å². The highest BCUT2D eigenvalue weighted by Gasteiger charge is 2.29. The van der Waals surface area contributed by atoms with Crippen LogP contribution in [0, 0.1) is 0 Å². The standard InChI is InChI=1S/C27H28N2O7/c1-17(29-26(31)23-25(35-19(3)30)22(33-4)15-16-28-23)27(32)36-24(20-11-7-5-8-12-20)18(2)34-21-13-9-6-10-14-21/h5-18,24H,1-4H3,(H,29,31)/t17-,18+,24-/m0/s1. The lowest BCUT2D eigenvalue weighted by Gasteiger charge is -2.27. The van der Waals surface area contributed by atoms with Crippen molar-refractivity contribution in [2.75, 3.05) is 7.11 Å². The average molecular weight is 493 g/mol. The summed E-state index contributed by atoms with van der Waals surface area (Å²) in [6.07, 6.45) is 0.0553. The van der Waals surface area contributed by atoms with Crippen LogP contribution in [0.4, 0.5) is 0 Å². The smallest absolute Gasteiger partial charge is 0.329 e. The van der Waals surface area contributed by atoms with Crippen molar-refractivity contribution in [2.45, 2.75) is 39.0 Å². The minimum atomic E-state index is -1.05. The highest BCUT2D eigenvalue weighted by Crippen LogP contribution is 2.30. The molecule has 36 heavy (non-hydrogen) atoms. The molecule has 0 aliphatic rings. The van der Waals surface area contributed by atoms with E-state index in [0.29, 0.717) is 5.75 Å². The molecule has 1 aromatic heterocycles. The van der Waals surface area contributed by atoms with E-state index in [0.717, 1.165) is 5.56 Å². The molecule has 1 heterocycles. The number of aromatic nitrogens is 1. The second-order valence-electron chi connectivity index (χ2n) is 7.88. The van der Waals surface area contributed by atoms with E-state index in [1.54, 1.807) is 6.92 Å². The van der Waals surface area contributed by atoms with Gasteiger partial charge in [-0.15, -0.1) is 0 Å². The number of ether oxygens (including phenoxy) is 4. The molecule has 0 radical (unpaired) electrons. The van der Waals surface area contributed by atoms with Crippen LogP contribution in [0.25, 0.3) is 0 Å². The van der Waals surface area contributed by atoms with Crippen LogP contribution in [0.5, 0.6) is 17.2 Å². The fourth-order valence-corrected chi connectivity index (χ4v) is 3.40. The number of benzene rings is 2. The predicted octanol–water partition coefficient (Wildman–Crippen LogP) is 3.89. The quantitative estimate of drug-likeness (QED) is 0.424. The van der Waals surface area contributed by atoms with Gasteiger partial charge in [-0.1, -0.05) is 48.5 Å². The summed E-state index contributed by atoms with van der Waals surface area (Å²) in [5, 5.41) is 2.54. The molecule has 2 aromatic carbocycles. The molecule has 0 fully saturated rings. The Morgan fingerprint density at radius 1 is 0.917 bits per heavy atom. The summed E-state index contributed by atoms with van der Waals surface area (Å²) >= 11 is 0. The van der Waals surface area contributed by atoms with Crippen molar-refractivity contribution in [3.8, 4) is 17.2 Å². The summed E-state index contributed by atoms with van der Waals surface area (Å²) in [4.78, 5) is 41.4.